The topological polar surface area (TPSA) is 85.3 Å². The fourth-order valence-electron chi connectivity index (χ4n) is 5.51. The molecular formula is C25H35N7O. The fraction of sp³-hybridized carbons (Fsp3) is 0.560. The van der Waals surface area contributed by atoms with Crippen LogP contribution in [0.1, 0.15) is 37.1 Å². The number of methoxy groups -OCH3 is 1. The van der Waals surface area contributed by atoms with Gasteiger partial charge in [0.2, 0.25) is 0 Å². The van der Waals surface area contributed by atoms with Crippen LogP contribution in [0, 0.1) is 12.8 Å². The van der Waals surface area contributed by atoms with Crippen LogP contribution in [0.4, 0.5) is 11.4 Å². The van der Waals surface area contributed by atoms with Gasteiger partial charge in [0.1, 0.15) is 0 Å². The van der Waals surface area contributed by atoms with Crippen molar-refractivity contribution in [1.82, 2.24) is 19.7 Å². The molecule has 2 fully saturated rings. The maximum atomic E-state index is 6.18. The number of ether oxygens (including phenoxy) is 1. The van der Waals surface area contributed by atoms with E-state index in [9.17, 15) is 0 Å². The molecule has 0 amide bonds. The lowest BCUT2D eigenvalue weighted by molar-refractivity contribution is 0.0730. The van der Waals surface area contributed by atoms with Crippen molar-refractivity contribution in [2.45, 2.75) is 44.8 Å². The highest BCUT2D eigenvalue weighted by Crippen LogP contribution is 2.36. The van der Waals surface area contributed by atoms with Gasteiger partial charge in [0.15, 0.2) is 5.65 Å². The Kier molecular flexibility index (Phi) is 5.97. The van der Waals surface area contributed by atoms with Crippen LogP contribution in [0.3, 0.4) is 0 Å². The molecule has 2 aliphatic rings. The number of hydrogen-bond donors (Lipinski definition) is 1. The molecule has 8 heteroatoms. The molecule has 8 nitrogen and oxygen atoms in total. The van der Waals surface area contributed by atoms with Gasteiger partial charge in [-0.25, -0.2) is 4.98 Å². The third-order valence-electron chi connectivity index (χ3n) is 7.49. The summed E-state index contributed by atoms with van der Waals surface area (Å²) in [4.78, 5) is 14.4. The maximum absolute atomic E-state index is 6.18. The number of hydrogen-bond acceptors (Lipinski definition) is 7. The Labute approximate surface area is 195 Å². The van der Waals surface area contributed by atoms with E-state index >= 15 is 0 Å². The summed E-state index contributed by atoms with van der Waals surface area (Å²) in [6.45, 7) is 8.18. The first kappa shape index (κ1) is 22.1. The Balaban J connectivity index is 1.29. The van der Waals surface area contributed by atoms with Gasteiger partial charge >= 0.3 is 0 Å². The number of pyridine rings is 2. The number of anilines is 2. The fourth-order valence-corrected chi connectivity index (χ4v) is 5.51. The Morgan fingerprint density at radius 3 is 2.64 bits per heavy atom. The van der Waals surface area contributed by atoms with E-state index < -0.39 is 0 Å². The monoisotopic (exact) mass is 449 g/mol. The molecule has 2 saturated heterocycles. The van der Waals surface area contributed by atoms with Crippen LogP contribution in [0.2, 0.25) is 0 Å². The predicted octanol–water partition coefficient (Wildman–Crippen LogP) is 2.85. The van der Waals surface area contributed by atoms with Crippen molar-refractivity contribution in [2.75, 3.05) is 43.1 Å². The number of rotatable bonds is 4. The van der Waals surface area contributed by atoms with Gasteiger partial charge in [0, 0.05) is 63.7 Å². The minimum atomic E-state index is 0.0749. The van der Waals surface area contributed by atoms with Crippen LogP contribution in [-0.4, -0.2) is 65.2 Å². The number of fused-ring (bicyclic) bond motifs is 1. The quantitative estimate of drug-likeness (QED) is 0.655. The van der Waals surface area contributed by atoms with Gasteiger partial charge in [0.05, 0.1) is 35.3 Å². The van der Waals surface area contributed by atoms with Crippen molar-refractivity contribution in [2.24, 2.45) is 18.7 Å². The summed E-state index contributed by atoms with van der Waals surface area (Å²) in [6, 6.07) is 6.75. The Bertz CT molecular complexity index is 1110. The van der Waals surface area contributed by atoms with Crippen molar-refractivity contribution in [3.8, 4) is 0 Å². The molecule has 0 aromatic carbocycles. The predicted molar refractivity (Wildman–Crippen MR) is 132 cm³/mol. The first-order valence-corrected chi connectivity index (χ1v) is 12.0. The lowest BCUT2D eigenvalue weighted by Gasteiger charge is -2.39. The zero-order valence-corrected chi connectivity index (χ0v) is 20.1. The summed E-state index contributed by atoms with van der Waals surface area (Å²) in [7, 11) is 3.70. The Morgan fingerprint density at radius 2 is 1.91 bits per heavy atom. The van der Waals surface area contributed by atoms with Gasteiger partial charge in [-0.1, -0.05) is 6.92 Å². The van der Waals surface area contributed by atoms with Crippen molar-refractivity contribution in [3.63, 3.8) is 0 Å². The SMILES string of the molecule is CO[C@H]1CN(c2ccc([C@H]3CCN(c4cc(C)nc5c4cnn5C)C[C@@H]3C)nc2)CC[C@@H]1N. The molecule has 2 N–H and O–H groups in total. The second-order valence-electron chi connectivity index (χ2n) is 9.72. The molecular weight excluding hydrogens is 414 g/mol. The third-order valence-corrected chi connectivity index (χ3v) is 7.49. The van der Waals surface area contributed by atoms with Crippen molar-refractivity contribution in [3.05, 3.63) is 42.0 Å². The molecule has 0 unspecified atom stereocenters. The molecule has 0 spiro atoms. The number of aryl methyl sites for hydroxylation is 2. The van der Waals surface area contributed by atoms with Crippen LogP contribution in [-0.2, 0) is 11.8 Å². The highest BCUT2D eigenvalue weighted by Gasteiger charge is 2.30. The van der Waals surface area contributed by atoms with E-state index in [0.29, 0.717) is 11.8 Å². The van der Waals surface area contributed by atoms with E-state index in [1.54, 1.807) is 7.11 Å². The molecule has 2 aliphatic heterocycles. The summed E-state index contributed by atoms with van der Waals surface area (Å²) < 4.78 is 7.43. The molecule has 5 heterocycles. The summed E-state index contributed by atoms with van der Waals surface area (Å²) >= 11 is 0. The second kappa shape index (κ2) is 8.91. The van der Waals surface area contributed by atoms with E-state index in [-0.39, 0.29) is 12.1 Å². The highest BCUT2D eigenvalue weighted by molar-refractivity contribution is 5.89. The zero-order chi connectivity index (χ0) is 23.1. The smallest absolute Gasteiger partial charge is 0.159 e. The number of piperidine rings is 2. The van der Waals surface area contributed by atoms with E-state index in [2.05, 4.69) is 51.9 Å². The molecule has 3 aromatic heterocycles. The van der Waals surface area contributed by atoms with E-state index in [1.807, 2.05) is 24.1 Å². The van der Waals surface area contributed by atoms with Gasteiger partial charge in [-0.2, -0.15) is 5.10 Å². The van der Waals surface area contributed by atoms with E-state index in [1.165, 1.54) is 11.4 Å². The van der Waals surface area contributed by atoms with Crippen molar-refractivity contribution >= 4 is 22.4 Å². The highest BCUT2D eigenvalue weighted by atomic mass is 16.5. The van der Waals surface area contributed by atoms with Crippen molar-refractivity contribution in [1.29, 1.82) is 0 Å². The number of nitrogens with zero attached hydrogens (tertiary/aromatic N) is 6. The average Bonchev–Trinajstić information content (AvgIpc) is 3.19. The van der Waals surface area contributed by atoms with Gasteiger partial charge in [0.25, 0.3) is 0 Å². The first-order chi connectivity index (χ1) is 15.9. The molecule has 0 bridgehead atoms. The number of nitrogens with two attached hydrogens (primary N) is 1. The third kappa shape index (κ3) is 4.17. The Morgan fingerprint density at radius 1 is 1.09 bits per heavy atom. The number of aromatic nitrogens is 4. The minimum absolute atomic E-state index is 0.0749. The molecule has 3 aromatic rings. The van der Waals surface area contributed by atoms with Crippen molar-refractivity contribution < 1.29 is 4.74 Å². The van der Waals surface area contributed by atoms with Crippen LogP contribution in [0.25, 0.3) is 11.0 Å². The first-order valence-electron chi connectivity index (χ1n) is 12.0. The van der Waals surface area contributed by atoms with Crippen LogP contribution < -0.4 is 15.5 Å². The molecule has 176 valence electrons. The van der Waals surface area contributed by atoms with Crippen LogP contribution in [0.15, 0.2) is 30.6 Å². The standard InChI is InChI=1S/C25H35N7O/c1-16-14-32(23-11-17(2)29-25-20(23)13-28-30(25)3)9-7-19(16)22-6-5-18(12-27-22)31-10-8-21(26)24(15-31)33-4/h5-6,11-13,16,19,21,24H,7-10,14-15,26H2,1-4H3/t16-,19-,21-,24-/m0/s1. The van der Waals surface area contributed by atoms with Crippen LogP contribution in [0.5, 0.6) is 0 Å². The maximum Gasteiger partial charge on any atom is 0.159 e. The molecule has 0 saturated carbocycles. The van der Waals surface area contributed by atoms with Gasteiger partial charge in [-0.05, 0) is 43.9 Å². The molecule has 33 heavy (non-hydrogen) atoms. The lowest BCUT2D eigenvalue weighted by Crippen LogP contribution is -2.51. The van der Waals surface area contributed by atoms with Crippen LogP contribution >= 0.6 is 0 Å². The van der Waals surface area contributed by atoms with E-state index in [0.717, 1.165) is 61.4 Å². The summed E-state index contributed by atoms with van der Waals surface area (Å²) in [5.74, 6) is 0.965. The zero-order valence-electron chi connectivity index (χ0n) is 20.1. The molecule has 0 radical (unpaired) electrons. The van der Waals surface area contributed by atoms with Gasteiger partial charge < -0.3 is 20.3 Å². The molecule has 0 aliphatic carbocycles. The molecule has 5 rings (SSSR count). The average molecular weight is 450 g/mol. The normalized spacial score (nSPS) is 26.2. The lowest BCUT2D eigenvalue weighted by atomic mass is 9.84. The second-order valence-corrected chi connectivity index (χ2v) is 9.72. The van der Waals surface area contributed by atoms with Gasteiger partial charge in [-0.3, -0.25) is 9.67 Å². The summed E-state index contributed by atoms with van der Waals surface area (Å²) in [6.07, 6.45) is 6.07. The summed E-state index contributed by atoms with van der Waals surface area (Å²) in [5.41, 5.74) is 11.8. The Hall–Kier alpha value is -2.71. The molecule has 4 atom stereocenters. The van der Waals surface area contributed by atoms with E-state index in [4.69, 9.17) is 15.5 Å². The minimum Gasteiger partial charge on any atom is -0.378 e. The van der Waals surface area contributed by atoms with Gasteiger partial charge in [-0.15, -0.1) is 0 Å². The largest absolute Gasteiger partial charge is 0.378 e. The summed E-state index contributed by atoms with van der Waals surface area (Å²) in [5, 5.41) is 5.56.